The van der Waals surface area contributed by atoms with Gasteiger partial charge in [0.1, 0.15) is 42.0 Å². The number of likely N-dealkylation sites (tertiary alicyclic amines) is 1. The summed E-state index contributed by atoms with van der Waals surface area (Å²) in [5, 5.41) is 39.2. The fraction of sp³-hybridized carbons (Fsp3) is 0.653. The van der Waals surface area contributed by atoms with Crippen LogP contribution in [0.3, 0.4) is 0 Å². The van der Waals surface area contributed by atoms with Crippen molar-refractivity contribution in [3.8, 4) is 5.75 Å². The van der Waals surface area contributed by atoms with Crippen LogP contribution in [0.15, 0.2) is 54.6 Å². The van der Waals surface area contributed by atoms with E-state index in [9.17, 15) is 67.4 Å². The van der Waals surface area contributed by atoms with Gasteiger partial charge in [-0.1, -0.05) is 42.5 Å². The lowest BCUT2D eigenvalue weighted by Crippen LogP contribution is -2.61. The van der Waals surface area contributed by atoms with Gasteiger partial charge in [0.15, 0.2) is 0 Å². The molecule has 2 aliphatic rings. The van der Waals surface area contributed by atoms with Crippen LogP contribution in [0.5, 0.6) is 5.75 Å². The third-order valence-corrected chi connectivity index (χ3v) is 20.7. The number of benzene rings is 2. The maximum Gasteiger partial charge on any atom is 0.246 e. The summed E-state index contributed by atoms with van der Waals surface area (Å²) in [7, 11) is 1.61. The van der Waals surface area contributed by atoms with Crippen molar-refractivity contribution in [3.63, 3.8) is 0 Å². The number of hydrogen-bond donors (Lipinski definition) is 17. The van der Waals surface area contributed by atoms with Crippen molar-refractivity contribution < 1.29 is 110 Å². The predicted molar refractivity (Wildman–Crippen MR) is 431 cm³/mol. The van der Waals surface area contributed by atoms with Crippen LogP contribution < -0.4 is 87.2 Å². The molecular weight excluding hydrogens is 1570 g/mol. The van der Waals surface area contributed by atoms with E-state index < -0.39 is 176 Å². The molecule has 42 heteroatoms. The lowest BCUT2D eigenvalue weighted by Gasteiger charge is -2.31. The first-order valence-electron chi connectivity index (χ1n) is 39.1. The van der Waals surface area contributed by atoms with Crippen LogP contribution in [0.25, 0.3) is 0 Å². The first kappa shape index (κ1) is 100. The number of nitrogens with one attached hydrogen (secondary N) is 11. The Morgan fingerprint density at radius 2 is 1.10 bits per heavy atom. The zero-order valence-electron chi connectivity index (χ0n) is 66.5. The molecule has 0 saturated carbocycles. The van der Waals surface area contributed by atoms with Crippen molar-refractivity contribution in [1.29, 1.82) is 0 Å². The van der Waals surface area contributed by atoms with E-state index in [2.05, 4.69) is 58.5 Å². The maximum absolute atomic E-state index is 15.4. The van der Waals surface area contributed by atoms with Crippen LogP contribution in [-0.2, 0) is 118 Å². The minimum atomic E-state index is -1.89. The summed E-state index contributed by atoms with van der Waals surface area (Å²) >= 11 is 2.47. The average molecular weight is 1690 g/mol. The molecule has 2 heterocycles. The summed E-state index contributed by atoms with van der Waals surface area (Å²) in [5.41, 5.74) is 28.9. The molecule has 0 bridgehead atoms. The minimum absolute atomic E-state index is 0.0000910. The van der Waals surface area contributed by atoms with Crippen molar-refractivity contribution in [1.82, 2.24) is 63.4 Å². The van der Waals surface area contributed by atoms with Gasteiger partial charge in [0, 0.05) is 68.5 Å². The second kappa shape index (κ2) is 60.5. The fourth-order valence-electron chi connectivity index (χ4n) is 11.6. The van der Waals surface area contributed by atoms with Gasteiger partial charge < -0.3 is 135 Å². The van der Waals surface area contributed by atoms with E-state index in [0.29, 0.717) is 103 Å². The number of unbranched alkanes of at least 4 members (excludes halogenated alkanes) is 1. The monoisotopic (exact) mass is 1690 g/mol. The number of methoxy groups -OCH3 is 1. The van der Waals surface area contributed by atoms with Gasteiger partial charge in [-0.05, 0) is 87.6 Å². The molecule has 0 radical (unpaired) electrons. The number of hydrogen-bond acceptors (Lipinski definition) is 28. The van der Waals surface area contributed by atoms with E-state index in [1.54, 1.807) is 49.6 Å². The van der Waals surface area contributed by atoms with Gasteiger partial charge >= 0.3 is 0 Å². The smallest absolute Gasteiger partial charge is 0.246 e. The molecule has 2 fully saturated rings. The Balaban J connectivity index is 1.67. The Morgan fingerprint density at radius 3 is 1.70 bits per heavy atom. The fourth-order valence-corrected chi connectivity index (χ4v) is 14.4. The highest BCUT2D eigenvalue weighted by molar-refractivity contribution is 8.03. The van der Waals surface area contributed by atoms with Gasteiger partial charge in [-0.3, -0.25) is 67.1 Å². The molecule has 0 spiro atoms. The summed E-state index contributed by atoms with van der Waals surface area (Å²) in [6.07, 6.45) is -0.367. The zero-order chi connectivity index (χ0) is 85.4. The van der Waals surface area contributed by atoms with Gasteiger partial charge in [0.2, 0.25) is 82.7 Å². The number of nitrogens with zero attached hydrogens (tertiary/aromatic N) is 1. The van der Waals surface area contributed by atoms with Crippen LogP contribution in [0.2, 0.25) is 0 Å². The third-order valence-electron chi connectivity index (χ3n) is 17.8. The van der Waals surface area contributed by atoms with Crippen LogP contribution in [0.1, 0.15) is 81.8 Å². The second-order valence-corrected chi connectivity index (χ2v) is 29.6. The summed E-state index contributed by atoms with van der Waals surface area (Å²) < 4.78 is 43.6. The number of phenolic OH excluding ortho intramolecular Hbond substituents is 1. The number of nitrogens with two attached hydrogens (primary N) is 5. The molecule has 22 N–H and O–H groups in total. The molecule has 14 amide bonds. The largest absolute Gasteiger partial charge is 0.508 e. The Hall–Kier alpha value is -8.92. The van der Waals surface area contributed by atoms with Crippen LogP contribution in [0, 0.1) is 0 Å². The molecule has 2 saturated heterocycles. The van der Waals surface area contributed by atoms with Gasteiger partial charge in [-0.15, -0.1) is 0 Å². The van der Waals surface area contributed by atoms with Crippen molar-refractivity contribution in [2.75, 3.05) is 176 Å². The summed E-state index contributed by atoms with van der Waals surface area (Å²) in [4.78, 5) is 193. The molecule has 117 heavy (non-hydrogen) atoms. The summed E-state index contributed by atoms with van der Waals surface area (Å²) in [5.74, 6) is -11.6. The number of thioether (sulfide) groups is 2. The standard InChI is InChI=1S/C75H121N17O23S2/c1-108-25-26-110-29-30-112-33-34-114-37-38-115-36-35-113-32-31-111-28-27-109-24-22-81-65(97)14-7-11-54-48-116-47-52(86-68(100)46-84-67(99)45-83-66(98)42-77)43-82-57(39-51-15-17-53(93)18-16-51)71(103)89-58(40-50-9-3-2-4-10-50)72(104)87-56(19-20-62(78)94)70(102)90-59(41-63(79)95)73(105)91-60(49-117-54)75(107)92-23-8-13-61(92)74(106)88-55(12-5-6-21-76)69(101)85-44-64(80)96/h2-4,9-10,15-18,52,54-61,82,93H,5-8,11-14,19-49,76-77H2,1H3,(H2,78,94)(H2,79,95)(H2,80,96)(H,81,97)(H,83,98)(H,84,99)(H,85,101)(H,86,100)(H,87,104)(H,88,106)(H,89,103)(H,90,102)(H,91,105). The molecule has 9 atom stereocenters. The predicted octanol–water partition coefficient (Wildman–Crippen LogP) is -6.00. The number of rotatable bonds is 53. The number of aromatic hydroxyl groups is 1. The second-order valence-electron chi connectivity index (χ2n) is 27.2. The van der Waals surface area contributed by atoms with Crippen molar-refractivity contribution in [3.05, 3.63) is 65.7 Å². The Labute approximate surface area is 689 Å². The summed E-state index contributed by atoms with van der Waals surface area (Å²) in [6, 6.07) is 3.14. The first-order chi connectivity index (χ1) is 56.4. The third kappa shape index (κ3) is 45.0. The number of primary amides is 3. The van der Waals surface area contributed by atoms with Crippen molar-refractivity contribution in [2.24, 2.45) is 28.7 Å². The van der Waals surface area contributed by atoms with E-state index in [0.717, 1.165) is 0 Å². The number of carbonyl (C=O) groups is 14. The molecule has 2 aliphatic heterocycles. The van der Waals surface area contributed by atoms with E-state index >= 15 is 4.79 Å². The molecule has 0 aromatic heterocycles. The summed E-state index contributed by atoms with van der Waals surface area (Å²) in [6.45, 7) is 3.87. The molecule has 4 rings (SSSR count). The number of carbonyl (C=O) groups excluding carboxylic acids is 14. The highest BCUT2D eigenvalue weighted by Gasteiger charge is 2.41. The quantitative estimate of drug-likeness (QED) is 0.0274. The van der Waals surface area contributed by atoms with E-state index in [4.69, 9.17) is 66.6 Å². The number of phenols is 1. The lowest BCUT2D eigenvalue weighted by molar-refractivity contribution is -0.142. The maximum atomic E-state index is 15.4. The van der Waals surface area contributed by atoms with Crippen LogP contribution >= 0.6 is 23.5 Å². The highest BCUT2D eigenvalue weighted by atomic mass is 32.2. The van der Waals surface area contributed by atoms with Gasteiger partial charge in [0.25, 0.3) is 0 Å². The molecule has 2 aromatic rings. The SMILES string of the molecule is COCCOCCOCCOCCOCCOCCOCCOCCNC(=O)CCCC1CSCC(NC(=O)CNC(=O)CNC(=O)CN)CNC(Cc2ccc(O)cc2)C(=O)NC(Cc2ccccc2)C(=O)NC(CCC(N)=O)C(=O)NC(CC(N)=O)C(=O)NC(C(=O)N2CCCC2C(=O)NC(CCCCN)C(=O)NCC(N)=O)CS1. The Morgan fingerprint density at radius 1 is 0.547 bits per heavy atom. The van der Waals surface area contributed by atoms with E-state index in [1.807, 2.05) is 0 Å². The normalized spacial score (nSPS) is 19.5. The van der Waals surface area contributed by atoms with Crippen molar-refractivity contribution in [2.45, 2.75) is 137 Å². The lowest BCUT2D eigenvalue weighted by atomic mass is 10.0. The average Bonchev–Trinajstić information content (AvgIpc) is 1.73. The number of ether oxygens (including phenoxy) is 8. The Bertz CT molecular complexity index is 3370. The topological polar surface area (TPSA) is 599 Å². The van der Waals surface area contributed by atoms with Gasteiger partial charge in [-0.2, -0.15) is 23.5 Å². The molecular formula is C75H121N17O23S2. The van der Waals surface area contributed by atoms with E-state index in [-0.39, 0.29) is 126 Å². The zero-order valence-corrected chi connectivity index (χ0v) is 68.2. The van der Waals surface area contributed by atoms with E-state index in [1.165, 1.54) is 40.6 Å². The van der Waals surface area contributed by atoms with Crippen LogP contribution in [-0.4, -0.2) is 322 Å². The highest BCUT2D eigenvalue weighted by Crippen LogP contribution is 2.27. The first-order valence-corrected chi connectivity index (χ1v) is 41.3. The number of amides is 14. The molecule has 40 nitrogen and oxygen atoms in total. The Kier molecular flexibility index (Phi) is 52.0. The molecule has 2 aromatic carbocycles. The molecule has 656 valence electrons. The molecule has 0 aliphatic carbocycles. The van der Waals surface area contributed by atoms with Gasteiger partial charge in [0.05, 0.1) is 144 Å². The molecule has 9 unspecified atom stereocenters. The van der Waals surface area contributed by atoms with Crippen molar-refractivity contribution >= 4 is 106 Å². The minimum Gasteiger partial charge on any atom is -0.508 e. The van der Waals surface area contributed by atoms with Crippen LogP contribution in [0.4, 0.5) is 0 Å². The van der Waals surface area contributed by atoms with Gasteiger partial charge in [-0.25, -0.2) is 0 Å².